The van der Waals surface area contributed by atoms with Crippen LogP contribution in [0, 0.1) is 3.57 Å². The number of benzene rings is 1. The largest absolute Gasteiger partial charge is 0.492 e. The molecule has 1 saturated heterocycles. The van der Waals surface area contributed by atoms with Crippen LogP contribution in [0.3, 0.4) is 0 Å². The summed E-state index contributed by atoms with van der Waals surface area (Å²) in [6.07, 6.45) is 1.74. The zero-order valence-corrected chi connectivity index (χ0v) is 16.8. The van der Waals surface area contributed by atoms with Gasteiger partial charge in [-0.2, -0.15) is 0 Å². The van der Waals surface area contributed by atoms with Crippen LogP contribution in [0.15, 0.2) is 24.3 Å². The van der Waals surface area contributed by atoms with Crippen molar-refractivity contribution in [3.8, 4) is 5.75 Å². The van der Waals surface area contributed by atoms with Crippen LogP contribution in [0.5, 0.6) is 5.75 Å². The monoisotopic (exact) mass is 446 g/mol. The number of piperidine rings is 1. The Labute approximate surface area is 158 Å². The summed E-state index contributed by atoms with van der Waals surface area (Å²) in [6, 6.07) is 8.21. The first-order valence-corrected chi connectivity index (χ1v) is 9.50. The third-order valence-corrected chi connectivity index (χ3v) is 4.44. The van der Waals surface area contributed by atoms with Gasteiger partial charge < -0.3 is 14.8 Å². The van der Waals surface area contributed by atoms with E-state index in [-0.39, 0.29) is 12.1 Å². The molecule has 1 aliphatic heterocycles. The van der Waals surface area contributed by atoms with Gasteiger partial charge in [0.2, 0.25) is 0 Å². The summed E-state index contributed by atoms with van der Waals surface area (Å²) in [4.78, 5) is 14.2. The molecule has 0 saturated carbocycles. The Bertz CT molecular complexity index is 528. The fourth-order valence-corrected chi connectivity index (χ4v) is 3.03. The highest BCUT2D eigenvalue weighted by Crippen LogP contribution is 2.15. The quantitative estimate of drug-likeness (QED) is 0.702. The van der Waals surface area contributed by atoms with Crippen molar-refractivity contribution < 1.29 is 14.3 Å². The van der Waals surface area contributed by atoms with Crippen molar-refractivity contribution >= 4 is 28.7 Å². The van der Waals surface area contributed by atoms with Crippen molar-refractivity contribution in [3.63, 3.8) is 0 Å². The van der Waals surface area contributed by atoms with Crippen LogP contribution >= 0.6 is 22.6 Å². The van der Waals surface area contributed by atoms with E-state index in [9.17, 15) is 4.79 Å². The molecule has 0 unspecified atom stereocenters. The number of amides is 1. The normalized spacial score (nSPS) is 18.9. The van der Waals surface area contributed by atoms with E-state index < -0.39 is 5.60 Å². The lowest BCUT2D eigenvalue weighted by Gasteiger charge is -2.33. The van der Waals surface area contributed by atoms with Gasteiger partial charge in [-0.15, -0.1) is 0 Å². The topological polar surface area (TPSA) is 50.8 Å². The minimum atomic E-state index is -0.459. The zero-order valence-electron chi connectivity index (χ0n) is 14.7. The Morgan fingerprint density at radius 1 is 1.33 bits per heavy atom. The average molecular weight is 446 g/mol. The van der Waals surface area contributed by atoms with Crippen molar-refractivity contribution in [3.05, 3.63) is 27.8 Å². The summed E-state index contributed by atoms with van der Waals surface area (Å²) >= 11 is 2.28. The Morgan fingerprint density at radius 3 is 2.71 bits per heavy atom. The van der Waals surface area contributed by atoms with E-state index in [1.165, 1.54) is 3.57 Å². The number of hydrogen-bond acceptors (Lipinski definition) is 4. The fraction of sp³-hybridized carbons (Fsp3) is 0.611. The minimum absolute atomic E-state index is 0.145. The first kappa shape index (κ1) is 19.3. The maximum Gasteiger partial charge on any atom is 0.407 e. The third-order valence-electron chi connectivity index (χ3n) is 3.72. The van der Waals surface area contributed by atoms with Crippen molar-refractivity contribution in [1.29, 1.82) is 0 Å². The standard InChI is InChI=1S/C18H27IN2O3/c1-18(2,3)24-17(22)20-15-5-4-10-21(13-15)11-12-23-16-8-6-14(19)7-9-16/h6-9,15H,4-5,10-13H2,1-3H3,(H,20,22)/t15-/m1/s1. The molecule has 1 heterocycles. The molecule has 1 aromatic rings. The van der Waals surface area contributed by atoms with E-state index in [2.05, 4.69) is 32.8 Å². The molecule has 1 amide bonds. The van der Waals surface area contributed by atoms with Crippen molar-refractivity contribution in [2.24, 2.45) is 0 Å². The lowest BCUT2D eigenvalue weighted by atomic mass is 10.1. The molecule has 5 nitrogen and oxygen atoms in total. The first-order valence-electron chi connectivity index (χ1n) is 8.42. The van der Waals surface area contributed by atoms with Crippen LogP contribution in [0.2, 0.25) is 0 Å². The van der Waals surface area contributed by atoms with E-state index in [4.69, 9.17) is 9.47 Å². The second-order valence-corrected chi connectivity index (χ2v) is 8.33. The maximum atomic E-state index is 11.9. The minimum Gasteiger partial charge on any atom is -0.492 e. The molecule has 0 bridgehead atoms. The number of rotatable bonds is 5. The van der Waals surface area contributed by atoms with Gasteiger partial charge in [0.1, 0.15) is 18.0 Å². The van der Waals surface area contributed by atoms with E-state index in [0.717, 1.165) is 38.2 Å². The summed E-state index contributed by atoms with van der Waals surface area (Å²) in [6.45, 7) is 9.03. The number of nitrogens with one attached hydrogen (secondary N) is 1. The molecule has 0 radical (unpaired) electrons. The van der Waals surface area contributed by atoms with Crippen LogP contribution in [0.25, 0.3) is 0 Å². The highest BCUT2D eigenvalue weighted by Gasteiger charge is 2.24. The Morgan fingerprint density at radius 2 is 2.04 bits per heavy atom. The molecule has 24 heavy (non-hydrogen) atoms. The van der Waals surface area contributed by atoms with Crippen molar-refractivity contribution in [2.45, 2.75) is 45.3 Å². The Kier molecular flexibility index (Phi) is 7.16. The van der Waals surface area contributed by atoms with Gasteiger partial charge in [0.15, 0.2) is 0 Å². The number of nitrogens with zero attached hydrogens (tertiary/aromatic N) is 1. The lowest BCUT2D eigenvalue weighted by molar-refractivity contribution is 0.0469. The second-order valence-electron chi connectivity index (χ2n) is 7.09. The molecule has 1 N–H and O–H groups in total. The van der Waals surface area contributed by atoms with Crippen LogP contribution < -0.4 is 10.1 Å². The molecule has 0 spiro atoms. The summed E-state index contributed by atoms with van der Waals surface area (Å²) in [5.74, 6) is 0.899. The van der Waals surface area contributed by atoms with Crippen molar-refractivity contribution in [1.82, 2.24) is 10.2 Å². The smallest absolute Gasteiger partial charge is 0.407 e. The summed E-state index contributed by atoms with van der Waals surface area (Å²) in [5.41, 5.74) is -0.459. The van der Waals surface area contributed by atoms with E-state index in [1.807, 2.05) is 45.0 Å². The molecule has 134 valence electrons. The molecule has 1 atom stereocenters. The van der Waals surface area contributed by atoms with Crippen LogP contribution in [-0.2, 0) is 4.74 Å². The SMILES string of the molecule is CC(C)(C)OC(=O)N[C@@H]1CCCN(CCOc2ccc(I)cc2)C1. The fourth-order valence-electron chi connectivity index (χ4n) is 2.67. The molecule has 0 aliphatic carbocycles. The Balaban J connectivity index is 1.70. The van der Waals surface area contributed by atoms with Crippen LogP contribution in [-0.4, -0.2) is 48.9 Å². The number of carbonyl (C=O) groups excluding carboxylic acids is 1. The van der Waals surface area contributed by atoms with Crippen LogP contribution in [0.4, 0.5) is 4.79 Å². The highest BCUT2D eigenvalue weighted by molar-refractivity contribution is 14.1. The molecule has 0 aromatic heterocycles. The van der Waals surface area contributed by atoms with E-state index in [1.54, 1.807) is 0 Å². The van der Waals surface area contributed by atoms with Gasteiger partial charge in [0, 0.05) is 22.7 Å². The average Bonchev–Trinajstić information content (AvgIpc) is 2.48. The van der Waals surface area contributed by atoms with Gasteiger partial charge in [-0.25, -0.2) is 4.79 Å². The van der Waals surface area contributed by atoms with E-state index in [0.29, 0.717) is 6.61 Å². The molecular formula is C18H27IN2O3. The predicted molar refractivity (Wildman–Crippen MR) is 103 cm³/mol. The molecule has 1 fully saturated rings. The van der Waals surface area contributed by atoms with Crippen LogP contribution in [0.1, 0.15) is 33.6 Å². The second kappa shape index (κ2) is 8.89. The van der Waals surface area contributed by atoms with E-state index >= 15 is 0 Å². The van der Waals surface area contributed by atoms with Gasteiger partial charge in [-0.05, 0) is 87.0 Å². The molecular weight excluding hydrogens is 419 g/mol. The summed E-state index contributed by atoms with van der Waals surface area (Å²) < 4.78 is 12.3. The molecule has 6 heteroatoms. The Hall–Kier alpha value is -1.02. The van der Waals surface area contributed by atoms with Gasteiger partial charge in [0.05, 0.1) is 0 Å². The predicted octanol–water partition coefficient (Wildman–Crippen LogP) is 3.66. The van der Waals surface area contributed by atoms with Gasteiger partial charge in [-0.3, -0.25) is 4.90 Å². The number of likely N-dealkylation sites (tertiary alicyclic amines) is 1. The number of ether oxygens (including phenoxy) is 2. The maximum absolute atomic E-state index is 11.9. The number of alkyl carbamates (subject to hydrolysis) is 1. The molecule has 2 rings (SSSR count). The number of hydrogen-bond donors (Lipinski definition) is 1. The summed E-state index contributed by atoms with van der Waals surface area (Å²) in [5, 5.41) is 2.98. The lowest BCUT2D eigenvalue weighted by Crippen LogP contribution is -2.49. The highest BCUT2D eigenvalue weighted by atomic mass is 127. The van der Waals surface area contributed by atoms with Gasteiger partial charge >= 0.3 is 6.09 Å². The molecule has 1 aromatic carbocycles. The zero-order chi connectivity index (χ0) is 17.6. The number of halogens is 1. The summed E-state index contributed by atoms with van der Waals surface area (Å²) in [7, 11) is 0. The first-order chi connectivity index (χ1) is 11.3. The third kappa shape index (κ3) is 7.25. The molecule has 1 aliphatic rings. The van der Waals surface area contributed by atoms with Gasteiger partial charge in [-0.1, -0.05) is 0 Å². The number of carbonyl (C=O) groups is 1. The van der Waals surface area contributed by atoms with Crippen molar-refractivity contribution in [2.75, 3.05) is 26.2 Å². The van der Waals surface area contributed by atoms with Gasteiger partial charge in [0.25, 0.3) is 0 Å².